The first-order valence-electron chi connectivity index (χ1n) is 10.1. The van der Waals surface area contributed by atoms with Crippen LogP contribution in [-0.4, -0.2) is 30.0 Å². The molecular formula is C23H19ClFN3O3S2. The number of thiazole rings is 1. The molecule has 2 heterocycles. The smallest absolute Gasteiger partial charge is 0.229 e. The van der Waals surface area contributed by atoms with Gasteiger partial charge in [0.15, 0.2) is 15.0 Å². The number of benzene rings is 2. The number of aromatic nitrogens is 2. The van der Waals surface area contributed by atoms with Crippen molar-refractivity contribution in [1.29, 1.82) is 0 Å². The van der Waals surface area contributed by atoms with Crippen molar-refractivity contribution in [1.82, 2.24) is 9.97 Å². The first-order valence-corrected chi connectivity index (χ1v) is 12.9. The molecule has 4 aromatic rings. The average Bonchev–Trinajstić information content (AvgIpc) is 3.23. The third kappa shape index (κ3) is 5.55. The normalized spacial score (nSPS) is 11.6. The van der Waals surface area contributed by atoms with Crippen LogP contribution in [0.4, 0.5) is 9.52 Å². The molecule has 4 rings (SSSR count). The fourth-order valence-corrected chi connectivity index (χ4v) is 5.69. The first-order chi connectivity index (χ1) is 15.8. The highest BCUT2D eigenvalue weighted by atomic mass is 35.5. The Morgan fingerprint density at radius 3 is 2.48 bits per heavy atom. The second-order valence-corrected chi connectivity index (χ2v) is 10.8. The van der Waals surface area contributed by atoms with Crippen LogP contribution < -0.4 is 4.90 Å². The van der Waals surface area contributed by atoms with Gasteiger partial charge in [-0.15, -0.1) is 0 Å². The lowest BCUT2D eigenvalue weighted by molar-refractivity contribution is -0.118. The second kappa shape index (κ2) is 9.94. The molecule has 0 radical (unpaired) electrons. The van der Waals surface area contributed by atoms with Crippen molar-refractivity contribution in [2.24, 2.45) is 0 Å². The topological polar surface area (TPSA) is 80.2 Å². The summed E-state index contributed by atoms with van der Waals surface area (Å²) in [5.41, 5.74) is 1.03. The van der Waals surface area contributed by atoms with E-state index in [9.17, 15) is 17.6 Å². The lowest BCUT2D eigenvalue weighted by Crippen LogP contribution is -2.30. The molecule has 6 nitrogen and oxygen atoms in total. The van der Waals surface area contributed by atoms with Crippen molar-refractivity contribution in [3.8, 4) is 0 Å². The van der Waals surface area contributed by atoms with Gasteiger partial charge in [0.1, 0.15) is 11.3 Å². The summed E-state index contributed by atoms with van der Waals surface area (Å²) in [4.78, 5) is 23.1. The Balaban J connectivity index is 1.53. The van der Waals surface area contributed by atoms with Gasteiger partial charge in [-0.1, -0.05) is 29.0 Å². The van der Waals surface area contributed by atoms with Crippen LogP contribution in [0.5, 0.6) is 0 Å². The van der Waals surface area contributed by atoms with Gasteiger partial charge in [-0.3, -0.25) is 14.7 Å². The maximum absolute atomic E-state index is 14.2. The van der Waals surface area contributed by atoms with Crippen molar-refractivity contribution in [2.45, 2.75) is 24.3 Å². The average molecular weight is 504 g/mol. The molecule has 2 aromatic heterocycles. The second-order valence-electron chi connectivity index (χ2n) is 7.29. The molecule has 0 bridgehead atoms. The zero-order valence-electron chi connectivity index (χ0n) is 17.3. The van der Waals surface area contributed by atoms with Gasteiger partial charge in [0.05, 0.1) is 21.9 Å². The van der Waals surface area contributed by atoms with Crippen LogP contribution in [0.2, 0.25) is 5.02 Å². The number of carbonyl (C=O) groups is 1. The summed E-state index contributed by atoms with van der Waals surface area (Å²) in [6.07, 6.45) is 3.37. The van der Waals surface area contributed by atoms with Gasteiger partial charge in [0.2, 0.25) is 5.91 Å². The molecule has 0 saturated carbocycles. The molecule has 170 valence electrons. The fraction of sp³-hybridized carbons (Fsp3) is 0.174. The minimum Gasteiger partial charge on any atom is -0.284 e. The number of fused-ring (bicyclic) bond motifs is 1. The summed E-state index contributed by atoms with van der Waals surface area (Å²) >= 11 is 7.04. The Kier molecular flexibility index (Phi) is 7.02. The molecule has 0 aliphatic heterocycles. The Bertz CT molecular complexity index is 1380. The highest BCUT2D eigenvalue weighted by molar-refractivity contribution is 7.91. The van der Waals surface area contributed by atoms with Gasteiger partial charge in [0, 0.05) is 23.8 Å². The molecule has 0 atom stereocenters. The number of nitrogens with zero attached hydrogens (tertiary/aromatic N) is 3. The number of amides is 1. The number of carbonyl (C=O) groups excluding carboxylic acids is 1. The highest BCUT2D eigenvalue weighted by Crippen LogP contribution is 2.31. The van der Waals surface area contributed by atoms with E-state index in [2.05, 4.69) is 9.97 Å². The first kappa shape index (κ1) is 23.3. The van der Waals surface area contributed by atoms with Crippen LogP contribution in [0.3, 0.4) is 0 Å². The fourth-order valence-electron chi connectivity index (χ4n) is 3.26. The minimum atomic E-state index is -3.55. The van der Waals surface area contributed by atoms with Gasteiger partial charge in [-0.25, -0.2) is 17.8 Å². The molecule has 33 heavy (non-hydrogen) atoms. The predicted molar refractivity (Wildman–Crippen MR) is 128 cm³/mol. The summed E-state index contributed by atoms with van der Waals surface area (Å²) in [7, 11) is -3.55. The van der Waals surface area contributed by atoms with Gasteiger partial charge in [-0.2, -0.15) is 0 Å². The predicted octanol–water partition coefficient (Wildman–Crippen LogP) is 5.27. The standard InChI is InChI=1S/C23H19ClFN3O3S2/c24-17-6-8-18(9-7-17)33(30,31)14-2-5-21(29)28(15-16-10-12-26-13-11-16)23-27-22-19(25)3-1-4-20(22)32-23/h1,3-4,6-13H,2,5,14-15H2. The van der Waals surface area contributed by atoms with E-state index in [1.165, 1.54) is 46.6 Å². The van der Waals surface area contributed by atoms with Crippen LogP contribution in [0.15, 0.2) is 71.9 Å². The molecule has 0 saturated heterocycles. The molecule has 2 aromatic carbocycles. The third-order valence-electron chi connectivity index (χ3n) is 4.96. The van der Waals surface area contributed by atoms with E-state index in [4.69, 9.17) is 11.6 Å². The van der Waals surface area contributed by atoms with Crippen molar-refractivity contribution in [2.75, 3.05) is 10.7 Å². The van der Waals surface area contributed by atoms with E-state index in [-0.39, 0.29) is 41.5 Å². The molecule has 0 spiro atoms. The van der Waals surface area contributed by atoms with E-state index in [1.54, 1.807) is 36.7 Å². The van der Waals surface area contributed by atoms with Gasteiger partial charge < -0.3 is 0 Å². The van der Waals surface area contributed by atoms with Crippen molar-refractivity contribution in [3.63, 3.8) is 0 Å². The molecule has 0 unspecified atom stereocenters. The van der Waals surface area contributed by atoms with E-state index < -0.39 is 15.7 Å². The Morgan fingerprint density at radius 1 is 1.06 bits per heavy atom. The SMILES string of the molecule is O=C(CCCS(=O)(=O)c1ccc(Cl)cc1)N(Cc1ccncc1)c1nc2c(F)cccc2s1. The van der Waals surface area contributed by atoms with Crippen LogP contribution >= 0.6 is 22.9 Å². The number of pyridine rings is 1. The van der Waals surface area contributed by atoms with Crippen LogP contribution in [0.25, 0.3) is 10.2 Å². The number of halogens is 2. The number of hydrogen-bond acceptors (Lipinski definition) is 6. The monoisotopic (exact) mass is 503 g/mol. The van der Waals surface area contributed by atoms with E-state index in [0.717, 1.165) is 5.56 Å². The Hall–Kier alpha value is -2.88. The van der Waals surface area contributed by atoms with Crippen molar-refractivity contribution in [3.05, 3.63) is 83.4 Å². The molecule has 0 fully saturated rings. The van der Waals surface area contributed by atoms with Gasteiger partial charge >= 0.3 is 0 Å². The van der Waals surface area contributed by atoms with Crippen molar-refractivity contribution < 1.29 is 17.6 Å². The molecular weight excluding hydrogens is 485 g/mol. The quantitative estimate of drug-likeness (QED) is 0.327. The lowest BCUT2D eigenvalue weighted by Gasteiger charge is -2.20. The number of para-hydroxylation sites is 1. The lowest BCUT2D eigenvalue weighted by atomic mass is 10.2. The van der Waals surface area contributed by atoms with E-state index >= 15 is 0 Å². The summed E-state index contributed by atoms with van der Waals surface area (Å²) < 4.78 is 40.0. The summed E-state index contributed by atoms with van der Waals surface area (Å²) in [5.74, 6) is -0.934. The third-order valence-corrected chi connectivity index (χ3v) is 8.07. The van der Waals surface area contributed by atoms with E-state index in [1.807, 2.05) is 0 Å². The molecule has 10 heteroatoms. The molecule has 0 aliphatic carbocycles. The molecule has 0 aliphatic rings. The summed E-state index contributed by atoms with van der Waals surface area (Å²) in [6.45, 7) is 0.215. The van der Waals surface area contributed by atoms with Crippen LogP contribution in [0.1, 0.15) is 18.4 Å². The number of sulfone groups is 1. The van der Waals surface area contributed by atoms with Crippen molar-refractivity contribution >= 4 is 54.0 Å². The largest absolute Gasteiger partial charge is 0.284 e. The number of hydrogen-bond donors (Lipinski definition) is 0. The highest BCUT2D eigenvalue weighted by Gasteiger charge is 2.22. The minimum absolute atomic E-state index is 0.00366. The zero-order chi connectivity index (χ0) is 23.4. The molecule has 1 amide bonds. The van der Waals surface area contributed by atoms with Crippen LogP contribution in [-0.2, 0) is 21.2 Å². The summed E-state index contributed by atoms with van der Waals surface area (Å²) in [5, 5.41) is 0.806. The number of anilines is 1. The van der Waals surface area contributed by atoms with E-state index in [0.29, 0.717) is 14.9 Å². The number of rotatable bonds is 8. The van der Waals surface area contributed by atoms with Gasteiger partial charge in [0.25, 0.3) is 0 Å². The Labute approximate surface area is 199 Å². The zero-order valence-corrected chi connectivity index (χ0v) is 19.7. The Morgan fingerprint density at radius 2 is 1.79 bits per heavy atom. The maximum Gasteiger partial charge on any atom is 0.229 e. The molecule has 0 N–H and O–H groups in total. The van der Waals surface area contributed by atoms with Gasteiger partial charge in [-0.05, 0) is 60.5 Å². The van der Waals surface area contributed by atoms with Crippen LogP contribution in [0, 0.1) is 5.82 Å². The maximum atomic E-state index is 14.2. The summed E-state index contributed by atoms with van der Waals surface area (Å²) in [6, 6.07) is 14.1.